The Bertz CT molecular complexity index is 3620. The molecule has 0 amide bonds. The van der Waals surface area contributed by atoms with E-state index in [9.17, 15) is 0 Å². The van der Waals surface area contributed by atoms with Crippen LogP contribution in [0, 0.1) is 0 Å². The van der Waals surface area contributed by atoms with Crippen molar-refractivity contribution in [2.24, 2.45) is 0 Å². The van der Waals surface area contributed by atoms with Gasteiger partial charge in [-0.3, -0.25) is 0 Å². The van der Waals surface area contributed by atoms with Crippen LogP contribution in [-0.2, 0) is 0 Å². The number of benzene rings is 10. The van der Waals surface area contributed by atoms with Crippen molar-refractivity contribution in [1.29, 1.82) is 0 Å². The highest BCUT2D eigenvalue weighted by Gasteiger charge is 2.42. The maximum atomic E-state index is 2.50. The Hall–Kier alpha value is -7.98. The van der Waals surface area contributed by atoms with Crippen molar-refractivity contribution < 1.29 is 0 Å². The van der Waals surface area contributed by atoms with E-state index < -0.39 is 8.07 Å². The summed E-state index contributed by atoms with van der Waals surface area (Å²) in [7, 11) is -2.91. The SMILES string of the molecule is c1ccc(C2c3ccccc3-c3ccc4c(c32)c2ccccc2n4-c2ccc([Si](c3ccccc3)(c3ccccc3)c3cccc(-n4c5ccccc5c5ccccc54)c3)cc2)cc1. The van der Waals surface area contributed by atoms with E-state index in [0.29, 0.717) is 0 Å². The third-order valence-electron chi connectivity index (χ3n) is 14.0. The zero-order chi connectivity index (χ0) is 42.2. The van der Waals surface area contributed by atoms with Gasteiger partial charge in [-0.1, -0.05) is 200 Å². The van der Waals surface area contributed by atoms with Crippen LogP contribution in [0.4, 0.5) is 0 Å². The molecule has 1 aliphatic carbocycles. The summed E-state index contributed by atoms with van der Waals surface area (Å²) in [6, 6.07) is 93.0. The van der Waals surface area contributed by atoms with Crippen molar-refractivity contribution in [2.45, 2.75) is 5.92 Å². The van der Waals surface area contributed by atoms with Gasteiger partial charge < -0.3 is 9.13 Å². The van der Waals surface area contributed by atoms with Gasteiger partial charge in [-0.15, -0.1) is 0 Å². The van der Waals surface area contributed by atoms with Crippen molar-refractivity contribution in [1.82, 2.24) is 9.13 Å². The second-order valence-electron chi connectivity index (χ2n) is 17.2. The van der Waals surface area contributed by atoms with Gasteiger partial charge in [-0.05, 0) is 97.1 Å². The normalized spacial score (nSPS) is 13.5. The molecule has 0 aliphatic heterocycles. The zero-order valence-electron chi connectivity index (χ0n) is 35.1. The van der Waals surface area contributed by atoms with E-state index in [0.717, 1.165) is 5.69 Å². The second-order valence-corrected chi connectivity index (χ2v) is 21.0. The Labute approximate surface area is 373 Å². The molecule has 0 spiro atoms. The molecule has 1 unspecified atom stereocenters. The van der Waals surface area contributed by atoms with Gasteiger partial charge in [0.1, 0.15) is 0 Å². The van der Waals surface area contributed by atoms with Gasteiger partial charge in [0.15, 0.2) is 8.07 Å². The molecule has 0 bridgehead atoms. The van der Waals surface area contributed by atoms with E-state index in [1.54, 1.807) is 0 Å². The van der Waals surface area contributed by atoms with Crippen molar-refractivity contribution >= 4 is 72.4 Å². The lowest BCUT2D eigenvalue weighted by Gasteiger charge is -2.35. The molecule has 10 aromatic carbocycles. The largest absolute Gasteiger partial charge is 0.309 e. The summed E-state index contributed by atoms with van der Waals surface area (Å²) in [5.41, 5.74) is 14.0. The molecule has 1 aliphatic rings. The maximum absolute atomic E-state index is 2.91. The highest BCUT2D eigenvalue weighted by Crippen LogP contribution is 2.52. The molecule has 2 aromatic heterocycles. The molecule has 0 fully saturated rings. The molecule has 12 aromatic rings. The third kappa shape index (κ3) is 5.31. The van der Waals surface area contributed by atoms with Crippen LogP contribution < -0.4 is 20.7 Å². The number of hydrogen-bond donors (Lipinski definition) is 0. The smallest absolute Gasteiger partial charge is 0.179 e. The molecule has 3 heteroatoms. The lowest BCUT2D eigenvalue weighted by molar-refractivity contribution is 1.03. The van der Waals surface area contributed by atoms with E-state index in [1.165, 1.54) is 97.9 Å². The number of rotatable bonds is 7. The first kappa shape index (κ1) is 36.7. The minimum atomic E-state index is -2.91. The average Bonchev–Trinajstić information content (AvgIpc) is 4.01. The lowest BCUT2D eigenvalue weighted by Crippen LogP contribution is -2.74. The standard InChI is InChI=1S/C61H42N2Si/c1-4-19-42(20-5-1)59-52-30-11-10-27-49(52)53-39-40-58-60(61(53)59)54-31-14-17-34-57(54)62(58)43-35-37-47(38-36-43)64(45-22-6-2-7-23-45,46-24-8-3-9-25-46)48-26-18-21-44(41-48)63-55-32-15-12-28-50(55)51-29-13-16-33-56(51)63/h1-41,59H. The Morgan fingerprint density at radius 2 is 0.812 bits per heavy atom. The number of nitrogens with zero attached hydrogens (tertiary/aromatic N) is 2. The van der Waals surface area contributed by atoms with Crippen LogP contribution in [0.2, 0.25) is 0 Å². The second kappa shape index (κ2) is 14.6. The summed E-state index contributed by atoms with van der Waals surface area (Å²) >= 11 is 0. The topological polar surface area (TPSA) is 9.86 Å². The Morgan fingerprint density at radius 1 is 0.312 bits per heavy atom. The Morgan fingerprint density at radius 3 is 1.47 bits per heavy atom. The highest BCUT2D eigenvalue weighted by molar-refractivity contribution is 7.19. The van der Waals surface area contributed by atoms with Crippen molar-refractivity contribution in [2.75, 3.05) is 0 Å². The van der Waals surface area contributed by atoms with E-state index in [-0.39, 0.29) is 5.92 Å². The van der Waals surface area contributed by atoms with Gasteiger partial charge >= 0.3 is 0 Å². The predicted molar refractivity (Wildman–Crippen MR) is 272 cm³/mol. The van der Waals surface area contributed by atoms with Crippen LogP contribution in [0.3, 0.4) is 0 Å². The molecular formula is C61H42N2Si. The minimum absolute atomic E-state index is 0.152. The third-order valence-corrected chi connectivity index (χ3v) is 18.7. The number of aromatic nitrogens is 2. The van der Waals surface area contributed by atoms with Crippen LogP contribution in [0.5, 0.6) is 0 Å². The number of fused-ring (bicyclic) bond motifs is 10. The molecule has 64 heavy (non-hydrogen) atoms. The van der Waals surface area contributed by atoms with E-state index in [2.05, 4.69) is 258 Å². The van der Waals surface area contributed by atoms with E-state index in [4.69, 9.17) is 0 Å². The first-order chi connectivity index (χ1) is 31.8. The van der Waals surface area contributed by atoms with Gasteiger partial charge in [0.05, 0.1) is 22.1 Å². The van der Waals surface area contributed by atoms with Crippen molar-refractivity contribution in [3.63, 3.8) is 0 Å². The van der Waals surface area contributed by atoms with Crippen molar-refractivity contribution in [3.8, 4) is 22.5 Å². The fraction of sp³-hybridized carbons (Fsp3) is 0.0164. The molecule has 300 valence electrons. The lowest BCUT2D eigenvalue weighted by atomic mass is 9.87. The molecule has 2 nitrogen and oxygen atoms in total. The summed E-state index contributed by atoms with van der Waals surface area (Å²) in [5.74, 6) is 0.152. The number of para-hydroxylation sites is 3. The molecular weight excluding hydrogens is 789 g/mol. The summed E-state index contributed by atoms with van der Waals surface area (Å²) in [6.45, 7) is 0. The Balaban J connectivity index is 1.03. The highest BCUT2D eigenvalue weighted by atomic mass is 28.3. The molecule has 1 atom stereocenters. The summed E-state index contributed by atoms with van der Waals surface area (Å²) < 4.78 is 4.95. The predicted octanol–water partition coefficient (Wildman–Crippen LogP) is 12.4. The van der Waals surface area contributed by atoms with Crippen LogP contribution in [-0.4, -0.2) is 17.2 Å². The zero-order valence-corrected chi connectivity index (χ0v) is 36.1. The summed E-state index contributed by atoms with van der Waals surface area (Å²) in [6.07, 6.45) is 0. The Kier molecular flexibility index (Phi) is 8.34. The fourth-order valence-corrected chi connectivity index (χ4v) is 16.1. The van der Waals surface area contributed by atoms with Crippen LogP contribution >= 0.6 is 0 Å². The quantitative estimate of drug-likeness (QED) is 0.112. The summed E-state index contributed by atoms with van der Waals surface area (Å²) in [4.78, 5) is 0. The molecule has 0 saturated heterocycles. The van der Waals surface area contributed by atoms with Crippen LogP contribution in [0.1, 0.15) is 22.6 Å². The van der Waals surface area contributed by atoms with Gasteiger partial charge in [0.25, 0.3) is 0 Å². The molecule has 0 radical (unpaired) electrons. The van der Waals surface area contributed by atoms with Crippen LogP contribution in [0.15, 0.2) is 249 Å². The monoisotopic (exact) mass is 830 g/mol. The van der Waals surface area contributed by atoms with Crippen molar-refractivity contribution in [3.05, 3.63) is 265 Å². The van der Waals surface area contributed by atoms with Gasteiger partial charge in [-0.25, -0.2) is 0 Å². The molecule has 0 saturated carbocycles. The molecule has 13 rings (SSSR count). The minimum Gasteiger partial charge on any atom is -0.309 e. The van der Waals surface area contributed by atoms with E-state index >= 15 is 0 Å². The first-order valence-electron chi connectivity index (χ1n) is 22.3. The van der Waals surface area contributed by atoms with Crippen LogP contribution in [0.25, 0.3) is 66.1 Å². The average molecular weight is 831 g/mol. The van der Waals surface area contributed by atoms with Gasteiger partial charge in [0, 0.05) is 38.8 Å². The molecule has 0 N–H and O–H groups in total. The van der Waals surface area contributed by atoms with E-state index in [1.807, 2.05) is 0 Å². The number of hydrogen-bond acceptors (Lipinski definition) is 0. The first-order valence-corrected chi connectivity index (χ1v) is 24.3. The van der Waals surface area contributed by atoms with Gasteiger partial charge in [-0.2, -0.15) is 0 Å². The van der Waals surface area contributed by atoms with Gasteiger partial charge in [0.2, 0.25) is 0 Å². The summed E-state index contributed by atoms with van der Waals surface area (Å²) in [5, 5.41) is 10.5. The maximum Gasteiger partial charge on any atom is 0.179 e. The fourth-order valence-electron chi connectivity index (χ4n) is 11.4. The molecule has 2 heterocycles.